The van der Waals surface area contributed by atoms with E-state index in [0.717, 1.165) is 12.8 Å². The molecule has 0 aliphatic rings. The van der Waals surface area contributed by atoms with Gasteiger partial charge in [0.25, 0.3) is 0 Å². The van der Waals surface area contributed by atoms with Crippen molar-refractivity contribution in [2.75, 3.05) is 6.61 Å². The molecule has 15 heavy (non-hydrogen) atoms. The topological polar surface area (TPSA) is 26.3 Å². The summed E-state index contributed by atoms with van der Waals surface area (Å²) in [6.07, 6.45) is 1.85. The minimum absolute atomic E-state index is 0.382. The Labute approximate surface area is 99.1 Å². The summed E-state index contributed by atoms with van der Waals surface area (Å²) in [6, 6.07) is 4.66. The molecule has 0 aromatic heterocycles. The molecule has 82 valence electrons. The van der Waals surface area contributed by atoms with Gasteiger partial charge in [0.15, 0.2) is 0 Å². The Morgan fingerprint density at radius 2 is 1.87 bits per heavy atom. The van der Waals surface area contributed by atoms with Gasteiger partial charge >= 0.3 is 5.97 Å². The van der Waals surface area contributed by atoms with Crippen LogP contribution in [0.5, 0.6) is 0 Å². The summed E-state index contributed by atoms with van der Waals surface area (Å²) in [6.45, 7) is 2.46. The molecule has 0 saturated heterocycles. The van der Waals surface area contributed by atoms with Crippen molar-refractivity contribution in [1.82, 2.24) is 0 Å². The quantitative estimate of drug-likeness (QED) is 0.594. The number of hydrogen-bond acceptors (Lipinski definition) is 2. The SMILES string of the molecule is CCCCOC(=O)c1cc(Cl)cc(Cl)c1. The van der Waals surface area contributed by atoms with E-state index in [2.05, 4.69) is 0 Å². The van der Waals surface area contributed by atoms with Crippen molar-refractivity contribution < 1.29 is 9.53 Å². The monoisotopic (exact) mass is 246 g/mol. The van der Waals surface area contributed by atoms with Gasteiger partial charge in [-0.25, -0.2) is 4.79 Å². The van der Waals surface area contributed by atoms with Gasteiger partial charge in [0, 0.05) is 10.0 Å². The maximum Gasteiger partial charge on any atom is 0.338 e. The third-order valence-electron chi connectivity index (χ3n) is 1.83. The third kappa shape index (κ3) is 4.10. The van der Waals surface area contributed by atoms with Gasteiger partial charge in [-0.05, 0) is 24.6 Å². The lowest BCUT2D eigenvalue weighted by Crippen LogP contribution is -2.06. The second-order valence-electron chi connectivity index (χ2n) is 3.15. The first-order valence-corrected chi connectivity index (χ1v) is 5.52. The first-order valence-electron chi connectivity index (χ1n) is 4.76. The molecule has 0 N–H and O–H groups in total. The maximum absolute atomic E-state index is 11.5. The average Bonchev–Trinajstić information content (AvgIpc) is 2.16. The molecule has 0 amide bonds. The first-order chi connectivity index (χ1) is 7.13. The Balaban J connectivity index is 2.65. The zero-order valence-corrected chi connectivity index (χ0v) is 9.94. The number of carbonyl (C=O) groups excluding carboxylic acids is 1. The van der Waals surface area contributed by atoms with Crippen molar-refractivity contribution in [3.63, 3.8) is 0 Å². The molecule has 0 atom stereocenters. The highest BCUT2D eigenvalue weighted by molar-refractivity contribution is 6.35. The van der Waals surface area contributed by atoms with Crippen LogP contribution in [-0.2, 0) is 4.74 Å². The van der Waals surface area contributed by atoms with E-state index in [-0.39, 0.29) is 5.97 Å². The van der Waals surface area contributed by atoms with Crippen molar-refractivity contribution in [1.29, 1.82) is 0 Å². The zero-order valence-electron chi connectivity index (χ0n) is 8.43. The summed E-state index contributed by atoms with van der Waals surface area (Å²) < 4.78 is 5.02. The summed E-state index contributed by atoms with van der Waals surface area (Å²) in [5.74, 6) is -0.382. The van der Waals surface area contributed by atoms with E-state index in [0.29, 0.717) is 22.2 Å². The molecule has 0 heterocycles. The third-order valence-corrected chi connectivity index (χ3v) is 2.27. The van der Waals surface area contributed by atoms with E-state index in [1.807, 2.05) is 6.92 Å². The highest BCUT2D eigenvalue weighted by atomic mass is 35.5. The second kappa shape index (κ2) is 5.99. The molecule has 0 unspecified atom stereocenters. The molecule has 0 fully saturated rings. The molecule has 2 nitrogen and oxygen atoms in total. The van der Waals surface area contributed by atoms with Crippen molar-refractivity contribution >= 4 is 29.2 Å². The minimum atomic E-state index is -0.382. The van der Waals surface area contributed by atoms with Gasteiger partial charge in [0.1, 0.15) is 0 Å². The number of hydrogen-bond donors (Lipinski definition) is 0. The van der Waals surface area contributed by atoms with Crippen LogP contribution >= 0.6 is 23.2 Å². The van der Waals surface area contributed by atoms with Gasteiger partial charge in [0.2, 0.25) is 0 Å². The lowest BCUT2D eigenvalue weighted by molar-refractivity contribution is 0.0500. The highest BCUT2D eigenvalue weighted by Crippen LogP contribution is 2.19. The van der Waals surface area contributed by atoms with Gasteiger partial charge < -0.3 is 4.74 Å². The highest BCUT2D eigenvalue weighted by Gasteiger charge is 2.08. The number of benzene rings is 1. The lowest BCUT2D eigenvalue weighted by atomic mass is 10.2. The van der Waals surface area contributed by atoms with Crippen LogP contribution in [0, 0.1) is 0 Å². The normalized spacial score (nSPS) is 10.1. The fourth-order valence-electron chi connectivity index (χ4n) is 1.06. The van der Waals surface area contributed by atoms with Gasteiger partial charge in [-0.2, -0.15) is 0 Å². The largest absolute Gasteiger partial charge is 0.462 e. The van der Waals surface area contributed by atoms with Crippen LogP contribution in [0.25, 0.3) is 0 Å². The molecule has 0 aliphatic heterocycles. The molecule has 0 saturated carbocycles. The fraction of sp³-hybridized carbons (Fsp3) is 0.364. The van der Waals surface area contributed by atoms with Crippen LogP contribution in [0.15, 0.2) is 18.2 Å². The van der Waals surface area contributed by atoms with Crippen LogP contribution in [0.1, 0.15) is 30.1 Å². The average molecular weight is 247 g/mol. The molecular formula is C11H12Cl2O2. The van der Waals surface area contributed by atoms with Crippen molar-refractivity contribution in [2.45, 2.75) is 19.8 Å². The van der Waals surface area contributed by atoms with E-state index in [9.17, 15) is 4.79 Å². The summed E-state index contributed by atoms with van der Waals surface area (Å²) in [7, 11) is 0. The molecule has 0 bridgehead atoms. The van der Waals surface area contributed by atoms with E-state index >= 15 is 0 Å². The minimum Gasteiger partial charge on any atom is -0.462 e. The van der Waals surface area contributed by atoms with E-state index in [1.54, 1.807) is 18.2 Å². The molecule has 1 aromatic carbocycles. The van der Waals surface area contributed by atoms with Crippen LogP contribution in [0.4, 0.5) is 0 Å². The van der Waals surface area contributed by atoms with Crippen LogP contribution < -0.4 is 0 Å². The Morgan fingerprint density at radius 1 is 1.27 bits per heavy atom. The van der Waals surface area contributed by atoms with Gasteiger partial charge in [0.05, 0.1) is 12.2 Å². The van der Waals surface area contributed by atoms with E-state index in [1.165, 1.54) is 0 Å². The number of esters is 1. The van der Waals surface area contributed by atoms with Crippen LogP contribution in [0.3, 0.4) is 0 Å². The molecule has 0 aliphatic carbocycles. The van der Waals surface area contributed by atoms with Crippen LogP contribution in [0.2, 0.25) is 10.0 Å². The van der Waals surface area contributed by atoms with Crippen molar-refractivity contribution in [3.05, 3.63) is 33.8 Å². The number of rotatable bonds is 4. The standard InChI is InChI=1S/C11H12Cl2O2/c1-2-3-4-15-11(14)8-5-9(12)7-10(13)6-8/h5-7H,2-4H2,1H3. The van der Waals surface area contributed by atoms with E-state index < -0.39 is 0 Å². The van der Waals surface area contributed by atoms with Gasteiger partial charge in [-0.1, -0.05) is 36.5 Å². The molecule has 4 heteroatoms. The lowest BCUT2D eigenvalue weighted by Gasteiger charge is -2.04. The molecule has 1 rings (SSSR count). The number of unbranched alkanes of at least 4 members (excludes halogenated alkanes) is 1. The predicted octanol–water partition coefficient (Wildman–Crippen LogP) is 3.95. The van der Waals surface area contributed by atoms with E-state index in [4.69, 9.17) is 27.9 Å². The van der Waals surface area contributed by atoms with Crippen LogP contribution in [-0.4, -0.2) is 12.6 Å². The molecular weight excluding hydrogens is 235 g/mol. The van der Waals surface area contributed by atoms with Crippen molar-refractivity contribution in [3.8, 4) is 0 Å². The van der Waals surface area contributed by atoms with Gasteiger partial charge in [-0.3, -0.25) is 0 Å². The Kier molecular flexibility index (Phi) is 4.92. The molecule has 0 radical (unpaired) electrons. The predicted molar refractivity (Wildman–Crippen MR) is 61.7 cm³/mol. The number of halogens is 2. The Hall–Kier alpha value is -0.730. The van der Waals surface area contributed by atoms with Crippen molar-refractivity contribution in [2.24, 2.45) is 0 Å². The molecule has 1 aromatic rings. The fourth-order valence-corrected chi connectivity index (χ4v) is 1.59. The zero-order chi connectivity index (χ0) is 11.3. The Morgan fingerprint density at radius 3 is 2.40 bits per heavy atom. The maximum atomic E-state index is 11.5. The summed E-state index contributed by atoms with van der Waals surface area (Å²) in [4.78, 5) is 11.5. The number of ether oxygens (including phenoxy) is 1. The summed E-state index contributed by atoms with van der Waals surface area (Å²) in [5.41, 5.74) is 0.392. The number of carbonyl (C=O) groups is 1. The summed E-state index contributed by atoms with van der Waals surface area (Å²) in [5, 5.41) is 0.870. The second-order valence-corrected chi connectivity index (χ2v) is 4.02. The molecule has 0 spiro atoms. The first kappa shape index (κ1) is 12.3. The smallest absolute Gasteiger partial charge is 0.338 e. The summed E-state index contributed by atoms with van der Waals surface area (Å²) >= 11 is 11.5. The van der Waals surface area contributed by atoms with Gasteiger partial charge in [-0.15, -0.1) is 0 Å². The Bertz CT molecular complexity index is 330.